The summed E-state index contributed by atoms with van der Waals surface area (Å²) in [5, 5.41) is 7.08. The summed E-state index contributed by atoms with van der Waals surface area (Å²) in [6.07, 6.45) is 1.32. The second-order valence-corrected chi connectivity index (χ2v) is 9.97. The zero-order valence-corrected chi connectivity index (χ0v) is 20.3. The van der Waals surface area contributed by atoms with E-state index in [1.54, 1.807) is 13.8 Å². The standard InChI is InChI=1S/C27H33N5O3/c1-16(19-15-31-20-12-8-7-11-18(19)20)22(33)21-23(32-25(35)26(2,3)29)30-14-13-27(21,24(28)34)17-9-5-4-6-10-17/h4-12,15-16,21,23,30-31H,13-14,29H2,1-3H3,(H2,28,34)(H,32,35). The first-order chi connectivity index (χ1) is 16.6. The molecule has 7 N–H and O–H groups in total. The van der Waals surface area contributed by atoms with Gasteiger partial charge in [0, 0.05) is 23.0 Å². The number of aromatic nitrogens is 1. The highest BCUT2D eigenvalue weighted by molar-refractivity contribution is 6.00. The summed E-state index contributed by atoms with van der Waals surface area (Å²) in [5.74, 6) is -2.73. The van der Waals surface area contributed by atoms with Crippen LogP contribution in [0.25, 0.3) is 10.9 Å². The Morgan fingerprint density at radius 1 is 1.09 bits per heavy atom. The van der Waals surface area contributed by atoms with Crippen LogP contribution in [0.3, 0.4) is 0 Å². The van der Waals surface area contributed by atoms with Gasteiger partial charge in [-0.15, -0.1) is 0 Å². The lowest BCUT2D eigenvalue weighted by atomic mass is 9.61. The van der Waals surface area contributed by atoms with Gasteiger partial charge in [0.15, 0.2) is 0 Å². The SMILES string of the molecule is CC(C(=O)C1C(NC(=O)C(C)(C)N)NCCC1(C(N)=O)c1ccccc1)c1c[nH]c2ccccc12. The summed E-state index contributed by atoms with van der Waals surface area (Å²) in [6, 6.07) is 16.9. The Morgan fingerprint density at radius 3 is 2.40 bits per heavy atom. The number of hydrogen-bond acceptors (Lipinski definition) is 5. The third-order valence-electron chi connectivity index (χ3n) is 7.17. The molecule has 0 aliphatic carbocycles. The average Bonchev–Trinajstić information content (AvgIpc) is 3.27. The van der Waals surface area contributed by atoms with Crippen LogP contribution < -0.4 is 22.1 Å². The summed E-state index contributed by atoms with van der Waals surface area (Å²) in [7, 11) is 0. The van der Waals surface area contributed by atoms with Crippen LogP contribution in [0.2, 0.25) is 0 Å². The lowest BCUT2D eigenvalue weighted by molar-refractivity contribution is -0.140. The highest BCUT2D eigenvalue weighted by Gasteiger charge is 2.56. The molecule has 2 amide bonds. The number of carbonyl (C=O) groups excluding carboxylic acids is 3. The predicted molar refractivity (Wildman–Crippen MR) is 135 cm³/mol. The number of aromatic amines is 1. The van der Waals surface area contributed by atoms with Gasteiger partial charge in [-0.25, -0.2) is 0 Å². The normalized spacial score (nSPS) is 23.5. The summed E-state index contributed by atoms with van der Waals surface area (Å²) >= 11 is 0. The lowest BCUT2D eigenvalue weighted by Crippen LogP contribution is -2.69. The van der Waals surface area contributed by atoms with Crippen molar-refractivity contribution in [3.05, 3.63) is 71.9 Å². The molecular formula is C27H33N5O3. The van der Waals surface area contributed by atoms with E-state index in [2.05, 4.69) is 15.6 Å². The van der Waals surface area contributed by atoms with Gasteiger partial charge in [0.05, 0.1) is 23.0 Å². The number of fused-ring (bicyclic) bond motifs is 1. The van der Waals surface area contributed by atoms with Gasteiger partial charge in [0.1, 0.15) is 5.78 Å². The molecule has 8 heteroatoms. The van der Waals surface area contributed by atoms with Gasteiger partial charge in [0.25, 0.3) is 0 Å². The molecule has 8 nitrogen and oxygen atoms in total. The van der Waals surface area contributed by atoms with E-state index in [0.717, 1.165) is 16.5 Å². The Bertz CT molecular complexity index is 1250. The number of Topliss-reactive ketones (excluding diaryl/α,β-unsaturated/α-hetero) is 1. The first kappa shape index (κ1) is 24.6. The first-order valence-electron chi connectivity index (χ1n) is 11.9. The molecular weight excluding hydrogens is 442 g/mol. The van der Waals surface area contributed by atoms with E-state index in [1.165, 1.54) is 0 Å². The Kier molecular flexibility index (Phi) is 6.53. The Hall–Kier alpha value is -3.49. The molecule has 1 aromatic heterocycles. The molecule has 4 atom stereocenters. The number of benzene rings is 2. The minimum atomic E-state index is -1.30. The Balaban J connectivity index is 1.84. The summed E-state index contributed by atoms with van der Waals surface area (Å²) < 4.78 is 0. The smallest absolute Gasteiger partial charge is 0.240 e. The quantitative estimate of drug-likeness (QED) is 0.355. The van der Waals surface area contributed by atoms with Crippen LogP contribution in [0.15, 0.2) is 60.8 Å². The van der Waals surface area contributed by atoms with Crippen molar-refractivity contribution in [1.82, 2.24) is 15.6 Å². The van der Waals surface area contributed by atoms with Gasteiger partial charge in [-0.3, -0.25) is 19.7 Å². The van der Waals surface area contributed by atoms with Gasteiger partial charge in [-0.2, -0.15) is 0 Å². The van der Waals surface area contributed by atoms with Crippen LogP contribution in [0.5, 0.6) is 0 Å². The minimum Gasteiger partial charge on any atom is -0.369 e. The second-order valence-electron chi connectivity index (χ2n) is 9.97. The van der Waals surface area contributed by atoms with E-state index in [1.807, 2.05) is 67.7 Å². The van der Waals surface area contributed by atoms with E-state index >= 15 is 0 Å². The zero-order valence-electron chi connectivity index (χ0n) is 20.3. The van der Waals surface area contributed by atoms with Crippen molar-refractivity contribution in [3.63, 3.8) is 0 Å². The van der Waals surface area contributed by atoms with Crippen molar-refractivity contribution in [2.45, 2.75) is 50.2 Å². The third-order valence-corrected chi connectivity index (χ3v) is 7.17. The zero-order chi connectivity index (χ0) is 25.4. The molecule has 1 fully saturated rings. The van der Waals surface area contributed by atoms with Gasteiger partial charge < -0.3 is 21.8 Å². The van der Waals surface area contributed by atoms with Crippen molar-refractivity contribution in [1.29, 1.82) is 0 Å². The molecule has 1 aliphatic heterocycles. The first-order valence-corrected chi connectivity index (χ1v) is 11.9. The monoisotopic (exact) mass is 475 g/mol. The van der Waals surface area contributed by atoms with Crippen molar-refractivity contribution in [3.8, 4) is 0 Å². The predicted octanol–water partition coefficient (Wildman–Crippen LogP) is 2.05. The van der Waals surface area contributed by atoms with Gasteiger partial charge in [-0.1, -0.05) is 55.5 Å². The summed E-state index contributed by atoms with van der Waals surface area (Å²) in [6.45, 7) is 5.40. The molecule has 0 saturated carbocycles. The van der Waals surface area contributed by atoms with E-state index in [-0.39, 0.29) is 5.78 Å². The number of nitrogens with one attached hydrogen (secondary N) is 3. The minimum absolute atomic E-state index is 0.190. The topological polar surface area (TPSA) is 143 Å². The van der Waals surface area contributed by atoms with E-state index in [9.17, 15) is 14.4 Å². The lowest BCUT2D eigenvalue weighted by Gasteiger charge is -2.47. The summed E-state index contributed by atoms with van der Waals surface area (Å²) in [5.41, 5.74) is 12.1. The van der Waals surface area contributed by atoms with E-state index in [0.29, 0.717) is 18.5 Å². The molecule has 1 saturated heterocycles. The molecule has 1 aliphatic rings. The van der Waals surface area contributed by atoms with Crippen LogP contribution in [0.4, 0.5) is 0 Å². The number of carbonyl (C=O) groups is 3. The maximum Gasteiger partial charge on any atom is 0.240 e. The number of H-pyrrole nitrogens is 1. The van der Waals surface area contributed by atoms with Gasteiger partial charge >= 0.3 is 0 Å². The van der Waals surface area contributed by atoms with Crippen molar-refractivity contribution < 1.29 is 14.4 Å². The number of hydrogen-bond donors (Lipinski definition) is 5. The third kappa shape index (κ3) is 4.35. The van der Waals surface area contributed by atoms with E-state index in [4.69, 9.17) is 11.5 Å². The molecule has 4 unspecified atom stereocenters. The number of rotatable bonds is 7. The highest BCUT2D eigenvalue weighted by Crippen LogP contribution is 2.43. The molecule has 0 bridgehead atoms. The fourth-order valence-electron chi connectivity index (χ4n) is 5.20. The van der Waals surface area contributed by atoms with Crippen LogP contribution in [-0.2, 0) is 19.8 Å². The molecule has 2 aromatic carbocycles. The maximum atomic E-state index is 14.3. The van der Waals surface area contributed by atoms with E-state index < -0.39 is 40.8 Å². The molecule has 184 valence electrons. The number of ketones is 1. The number of amides is 2. The van der Waals surface area contributed by atoms with Gasteiger partial charge in [0.2, 0.25) is 11.8 Å². The average molecular weight is 476 g/mol. The molecule has 4 rings (SSSR count). The second kappa shape index (κ2) is 9.28. The Morgan fingerprint density at radius 2 is 1.74 bits per heavy atom. The van der Waals surface area contributed by atoms with Crippen molar-refractivity contribution in [2.75, 3.05) is 6.54 Å². The Labute approximate surface area is 204 Å². The van der Waals surface area contributed by atoms with Gasteiger partial charge in [-0.05, 0) is 44.0 Å². The number of nitrogens with two attached hydrogens (primary N) is 2. The largest absolute Gasteiger partial charge is 0.369 e. The molecule has 0 spiro atoms. The van der Waals surface area contributed by atoms with Crippen LogP contribution >= 0.6 is 0 Å². The maximum absolute atomic E-state index is 14.3. The highest BCUT2D eigenvalue weighted by atomic mass is 16.2. The number of para-hydroxylation sites is 1. The number of piperidine rings is 1. The molecule has 3 aromatic rings. The fraction of sp³-hybridized carbons (Fsp3) is 0.370. The van der Waals surface area contributed by atoms with Crippen LogP contribution in [0.1, 0.15) is 44.2 Å². The number of primary amides is 1. The van der Waals surface area contributed by atoms with Crippen LogP contribution in [-0.4, -0.2) is 40.8 Å². The van der Waals surface area contributed by atoms with Crippen molar-refractivity contribution in [2.24, 2.45) is 17.4 Å². The summed E-state index contributed by atoms with van der Waals surface area (Å²) in [4.78, 5) is 43.7. The molecule has 2 heterocycles. The van der Waals surface area contributed by atoms with Crippen molar-refractivity contribution >= 4 is 28.5 Å². The molecule has 0 radical (unpaired) electrons. The molecule has 35 heavy (non-hydrogen) atoms. The fourth-order valence-corrected chi connectivity index (χ4v) is 5.20. The van der Waals surface area contributed by atoms with Crippen LogP contribution in [0, 0.1) is 5.92 Å².